The molecular formula is C22H29ClN4O. The number of nitrogens with one attached hydrogen (secondary N) is 1. The summed E-state index contributed by atoms with van der Waals surface area (Å²) in [6, 6.07) is 6.32. The SMILES string of the molecule is CCc1cccc(N2CCN(C/C=C/CCC(=O)c3ncc(C)[nH]3)CC2)c1Cl. The van der Waals surface area contributed by atoms with Gasteiger partial charge in [0, 0.05) is 51.0 Å². The number of benzene rings is 1. The molecule has 1 fully saturated rings. The summed E-state index contributed by atoms with van der Waals surface area (Å²) in [4.78, 5) is 23.9. The first-order valence-electron chi connectivity index (χ1n) is 10.0. The predicted molar refractivity (Wildman–Crippen MR) is 116 cm³/mol. The quantitative estimate of drug-likeness (QED) is 0.531. The van der Waals surface area contributed by atoms with Crippen LogP contribution in [0.25, 0.3) is 0 Å². The lowest BCUT2D eigenvalue weighted by molar-refractivity contribution is 0.0974. The third-order valence-electron chi connectivity index (χ3n) is 5.19. The normalized spacial score (nSPS) is 15.5. The molecule has 0 spiro atoms. The van der Waals surface area contributed by atoms with E-state index in [0.717, 1.165) is 62.0 Å². The summed E-state index contributed by atoms with van der Waals surface area (Å²) in [5.74, 6) is 0.533. The fourth-order valence-corrected chi connectivity index (χ4v) is 3.86. The molecule has 0 aliphatic carbocycles. The number of carbonyl (C=O) groups excluding carboxylic acids is 1. The van der Waals surface area contributed by atoms with Crippen molar-refractivity contribution < 1.29 is 4.79 Å². The molecule has 1 aromatic carbocycles. The topological polar surface area (TPSA) is 52.2 Å². The summed E-state index contributed by atoms with van der Waals surface area (Å²) in [7, 11) is 0. The van der Waals surface area contributed by atoms with Gasteiger partial charge in [-0.25, -0.2) is 4.98 Å². The molecule has 1 saturated heterocycles. The molecular weight excluding hydrogens is 372 g/mol. The Hall–Kier alpha value is -2.11. The van der Waals surface area contributed by atoms with Gasteiger partial charge in [-0.2, -0.15) is 0 Å². The van der Waals surface area contributed by atoms with Crippen LogP contribution in [0.4, 0.5) is 5.69 Å². The van der Waals surface area contributed by atoms with Gasteiger partial charge in [0.1, 0.15) is 0 Å². The van der Waals surface area contributed by atoms with E-state index in [-0.39, 0.29) is 5.78 Å². The number of hydrogen-bond acceptors (Lipinski definition) is 4. The Bertz CT molecular complexity index is 822. The molecule has 1 N–H and O–H groups in total. The van der Waals surface area contributed by atoms with Crippen LogP contribution in [0.1, 0.15) is 41.6 Å². The highest BCUT2D eigenvalue weighted by molar-refractivity contribution is 6.34. The minimum atomic E-state index is 0.0672. The largest absolute Gasteiger partial charge is 0.368 e. The number of halogens is 1. The Labute approximate surface area is 172 Å². The fourth-order valence-electron chi connectivity index (χ4n) is 3.48. The Morgan fingerprint density at radius 2 is 2.04 bits per heavy atom. The molecule has 5 nitrogen and oxygen atoms in total. The van der Waals surface area contributed by atoms with Crippen LogP contribution in [-0.2, 0) is 6.42 Å². The summed E-state index contributed by atoms with van der Waals surface area (Å²) < 4.78 is 0. The van der Waals surface area contributed by atoms with Crippen LogP contribution in [0.3, 0.4) is 0 Å². The third kappa shape index (κ3) is 5.24. The number of piperazine rings is 1. The molecule has 0 saturated carbocycles. The zero-order valence-electron chi connectivity index (χ0n) is 16.7. The Balaban J connectivity index is 1.40. The molecule has 1 aliphatic heterocycles. The standard InChI is InChI=1S/C22H29ClN4O/c1-3-18-8-7-9-19(21(18)23)27-14-12-26(13-15-27)11-6-4-5-10-20(28)22-24-16-17(2)25-22/h4,6-9,16H,3,5,10-15H2,1-2H3,(H,24,25)/b6-4+. The number of rotatable bonds is 8. The first kappa shape index (κ1) is 20.6. The lowest BCUT2D eigenvalue weighted by Gasteiger charge is -2.36. The number of nitrogens with zero attached hydrogens (tertiary/aromatic N) is 3. The van der Waals surface area contributed by atoms with Crippen molar-refractivity contribution in [2.75, 3.05) is 37.6 Å². The number of carbonyl (C=O) groups is 1. The zero-order chi connectivity index (χ0) is 19.9. The highest BCUT2D eigenvalue weighted by Crippen LogP contribution is 2.30. The van der Waals surface area contributed by atoms with Crippen LogP contribution < -0.4 is 4.90 Å². The summed E-state index contributed by atoms with van der Waals surface area (Å²) >= 11 is 6.57. The van der Waals surface area contributed by atoms with Crippen molar-refractivity contribution in [1.29, 1.82) is 0 Å². The molecule has 1 aromatic heterocycles. The average molecular weight is 401 g/mol. The predicted octanol–water partition coefficient (Wildman–Crippen LogP) is 4.28. The van der Waals surface area contributed by atoms with Crippen LogP contribution in [0.15, 0.2) is 36.5 Å². The number of ketones is 1. The van der Waals surface area contributed by atoms with Crippen molar-refractivity contribution >= 4 is 23.1 Å². The van der Waals surface area contributed by atoms with E-state index < -0.39 is 0 Å². The molecule has 28 heavy (non-hydrogen) atoms. The van der Waals surface area contributed by atoms with E-state index in [1.54, 1.807) is 6.20 Å². The fraction of sp³-hybridized carbons (Fsp3) is 0.455. The van der Waals surface area contributed by atoms with E-state index in [1.165, 1.54) is 5.56 Å². The Morgan fingerprint density at radius 1 is 1.25 bits per heavy atom. The second-order valence-electron chi connectivity index (χ2n) is 7.24. The van der Waals surface area contributed by atoms with Gasteiger partial charge < -0.3 is 9.88 Å². The second-order valence-corrected chi connectivity index (χ2v) is 7.62. The van der Waals surface area contributed by atoms with Crippen molar-refractivity contribution in [3.8, 4) is 0 Å². The number of allylic oxidation sites excluding steroid dienone is 1. The molecule has 0 bridgehead atoms. The minimum Gasteiger partial charge on any atom is -0.368 e. The molecule has 1 aliphatic rings. The minimum absolute atomic E-state index is 0.0672. The number of hydrogen-bond donors (Lipinski definition) is 1. The molecule has 2 heterocycles. The summed E-state index contributed by atoms with van der Waals surface area (Å²) in [6.45, 7) is 8.96. The Kier molecular flexibility index (Phi) is 7.29. The van der Waals surface area contributed by atoms with E-state index in [2.05, 4.69) is 57.0 Å². The van der Waals surface area contributed by atoms with Crippen molar-refractivity contribution in [3.63, 3.8) is 0 Å². The van der Waals surface area contributed by atoms with E-state index >= 15 is 0 Å². The van der Waals surface area contributed by atoms with Gasteiger partial charge in [-0.3, -0.25) is 9.69 Å². The van der Waals surface area contributed by atoms with Crippen molar-refractivity contribution in [1.82, 2.24) is 14.9 Å². The van der Waals surface area contributed by atoms with Gasteiger partial charge in [-0.15, -0.1) is 0 Å². The molecule has 0 atom stereocenters. The van der Waals surface area contributed by atoms with Gasteiger partial charge in [0.15, 0.2) is 11.6 Å². The van der Waals surface area contributed by atoms with E-state index in [9.17, 15) is 4.79 Å². The number of aromatic amines is 1. The lowest BCUT2D eigenvalue weighted by atomic mass is 10.1. The number of anilines is 1. The molecule has 3 rings (SSSR count). The maximum atomic E-state index is 12.0. The highest BCUT2D eigenvalue weighted by atomic mass is 35.5. The van der Waals surface area contributed by atoms with E-state index in [4.69, 9.17) is 11.6 Å². The van der Waals surface area contributed by atoms with E-state index in [0.29, 0.717) is 12.2 Å². The third-order valence-corrected chi connectivity index (χ3v) is 5.62. The molecule has 2 aromatic rings. The second kappa shape index (κ2) is 9.89. The Morgan fingerprint density at radius 3 is 2.71 bits per heavy atom. The summed E-state index contributed by atoms with van der Waals surface area (Å²) in [5, 5.41) is 0.898. The number of aryl methyl sites for hydroxylation is 2. The van der Waals surface area contributed by atoms with Crippen molar-refractivity contribution in [3.05, 3.63) is 58.7 Å². The molecule has 0 amide bonds. The summed E-state index contributed by atoms with van der Waals surface area (Å²) in [6.07, 6.45) is 8.15. The van der Waals surface area contributed by atoms with Crippen molar-refractivity contribution in [2.45, 2.75) is 33.1 Å². The van der Waals surface area contributed by atoms with Gasteiger partial charge in [0.2, 0.25) is 0 Å². The smallest absolute Gasteiger partial charge is 0.198 e. The van der Waals surface area contributed by atoms with Crippen LogP contribution >= 0.6 is 11.6 Å². The van der Waals surface area contributed by atoms with Gasteiger partial charge in [-0.1, -0.05) is 42.8 Å². The van der Waals surface area contributed by atoms with Gasteiger partial charge in [-0.05, 0) is 31.4 Å². The number of imidazole rings is 1. The highest BCUT2D eigenvalue weighted by Gasteiger charge is 2.19. The van der Waals surface area contributed by atoms with Crippen LogP contribution in [-0.4, -0.2) is 53.4 Å². The monoisotopic (exact) mass is 400 g/mol. The lowest BCUT2D eigenvalue weighted by Crippen LogP contribution is -2.46. The summed E-state index contributed by atoms with van der Waals surface area (Å²) in [5.41, 5.74) is 3.28. The van der Waals surface area contributed by atoms with Crippen LogP contribution in [0.2, 0.25) is 5.02 Å². The van der Waals surface area contributed by atoms with Crippen LogP contribution in [0, 0.1) is 6.92 Å². The van der Waals surface area contributed by atoms with E-state index in [1.807, 2.05) is 6.92 Å². The number of Topliss-reactive ketones (excluding diaryl/α,β-unsaturated/α-hetero) is 1. The van der Waals surface area contributed by atoms with Crippen LogP contribution in [0.5, 0.6) is 0 Å². The molecule has 150 valence electrons. The van der Waals surface area contributed by atoms with Gasteiger partial charge in [0.25, 0.3) is 0 Å². The number of aromatic nitrogens is 2. The van der Waals surface area contributed by atoms with Gasteiger partial charge in [0.05, 0.1) is 10.7 Å². The molecule has 6 heteroatoms. The first-order valence-corrected chi connectivity index (χ1v) is 10.4. The maximum absolute atomic E-state index is 12.0. The maximum Gasteiger partial charge on any atom is 0.198 e. The number of H-pyrrole nitrogens is 1. The first-order chi connectivity index (χ1) is 13.6. The zero-order valence-corrected chi connectivity index (χ0v) is 17.5. The van der Waals surface area contributed by atoms with Crippen molar-refractivity contribution in [2.24, 2.45) is 0 Å². The molecule has 0 radical (unpaired) electrons. The molecule has 0 unspecified atom stereocenters. The average Bonchev–Trinajstić information content (AvgIpc) is 3.15. The van der Waals surface area contributed by atoms with Gasteiger partial charge >= 0.3 is 0 Å².